The minimum atomic E-state index is -0.142. The maximum absolute atomic E-state index is 12.8. The number of nitrogens with zero attached hydrogens (tertiary/aromatic N) is 3. The average Bonchev–Trinajstić information content (AvgIpc) is 3.49. The zero-order chi connectivity index (χ0) is 19.6. The zero-order valence-corrected chi connectivity index (χ0v) is 15.8. The van der Waals surface area contributed by atoms with Crippen LogP contribution in [0, 0.1) is 0 Å². The lowest BCUT2D eigenvalue weighted by Crippen LogP contribution is -2.39. The Hall–Kier alpha value is -3.45. The SMILES string of the molecule is O=C(Nc1ccc(-c2nc3ccccc3o2)cc1)C1CCCN1Cc1ncc[nH]1. The summed E-state index contributed by atoms with van der Waals surface area (Å²) in [5, 5.41) is 3.04. The van der Waals surface area contributed by atoms with Gasteiger partial charge in [-0.15, -0.1) is 0 Å². The van der Waals surface area contributed by atoms with Crippen LogP contribution in [0.3, 0.4) is 0 Å². The Morgan fingerprint density at radius 1 is 1.21 bits per heavy atom. The number of hydrogen-bond donors (Lipinski definition) is 2. The van der Waals surface area contributed by atoms with Gasteiger partial charge in [-0.1, -0.05) is 12.1 Å². The lowest BCUT2D eigenvalue weighted by Gasteiger charge is -2.22. The van der Waals surface area contributed by atoms with Gasteiger partial charge in [0.25, 0.3) is 0 Å². The van der Waals surface area contributed by atoms with E-state index in [0.29, 0.717) is 12.4 Å². The molecule has 1 aliphatic heterocycles. The third-order valence-electron chi connectivity index (χ3n) is 5.27. The van der Waals surface area contributed by atoms with Gasteiger partial charge in [0.2, 0.25) is 11.8 Å². The van der Waals surface area contributed by atoms with Crippen molar-refractivity contribution in [3.05, 3.63) is 66.7 Å². The smallest absolute Gasteiger partial charge is 0.241 e. The van der Waals surface area contributed by atoms with Crippen molar-refractivity contribution in [1.29, 1.82) is 0 Å². The van der Waals surface area contributed by atoms with E-state index in [-0.39, 0.29) is 11.9 Å². The molecule has 0 bridgehead atoms. The molecular formula is C22H21N5O2. The van der Waals surface area contributed by atoms with Crippen LogP contribution in [-0.2, 0) is 11.3 Å². The first kappa shape index (κ1) is 17.6. The molecule has 29 heavy (non-hydrogen) atoms. The van der Waals surface area contributed by atoms with E-state index < -0.39 is 0 Å². The Bertz CT molecular complexity index is 1080. The van der Waals surface area contributed by atoms with Crippen molar-refractivity contribution >= 4 is 22.7 Å². The van der Waals surface area contributed by atoms with Crippen LogP contribution in [0.25, 0.3) is 22.6 Å². The van der Waals surface area contributed by atoms with Gasteiger partial charge in [-0.25, -0.2) is 9.97 Å². The van der Waals surface area contributed by atoms with Crippen LogP contribution in [0.1, 0.15) is 18.7 Å². The van der Waals surface area contributed by atoms with Crippen LogP contribution in [0.15, 0.2) is 65.3 Å². The number of hydrogen-bond acceptors (Lipinski definition) is 5. The number of oxazole rings is 1. The second kappa shape index (κ2) is 7.52. The number of rotatable bonds is 5. The Morgan fingerprint density at radius 2 is 2.07 bits per heavy atom. The van der Waals surface area contributed by atoms with Gasteiger partial charge in [0.1, 0.15) is 11.3 Å². The molecule has 1 atom stereocenters. The maximum atomic E-state index is 12.8. The fraction of sp³-hybridized carbons (Fsp3) is 0.227. The zero-order valence-electron chi connectivity index (χ0n) is 15.8. The van der Waals surface area contributed by atoms with Crippen LogP contribution in [0.5, 0.6) is 0 Å². The summed E-state index contributed by atoms with van der Waals surface area (Å²) in [4.78, 5) is 26.9. The van der Waals surface area contributed by atoms with Gasteiger partial charge < -0.3 is 14.7 Å². The molecule has 0 aliphatic carbocycles. The molecular weight excluding hydrogens is 366 g/mol. The fourth-order valence-corrected chi connectivity index (χ4v) is 3.81. The number of fused-ring (bicyclic) bond motifs is 1. The molecule has 0 saturated carbocycles. The van der Waals surface area contributed by atoms with Crippen molar-refractivity contribution in [3.63, 3.8) is 0 Å². The minimum absolute atomic E-state index is 0.0173. The summed E-state index contributed by atoms with van der Waals surface area (Å²) in [6.07, 6.45) is 5.40. The molecule has 1 amide bonds. The second-order valence-electron chi connectivity index (χ2n) is 7.22. The van der Waals surface area contributed by atoms with Crippen molar-refractivity contribution in [2.45, 2.75) is 25.4 Å². The first-order valence-corrected chi connectivity index (χ1v) is 9.75. The summed E-state index contributed by atoms with van der Waals surface area (Å²) in [5.41, 5.74) is 3.23. The Kier molecular flexibility index (Phi) is 4.57. The summed E-state index contributed by atoms with van der Waals surface area (Å²) in [7, 11) is 0. The number of aromatic amines is 1. The van der Waals surface area contributed by atoms with Gasteiger partial charge in [0.15, 0.2) is 5.58 Å². The minimum Gasteiger partial charge on any atom is -0.436 e. The molecule has 146 valence electrons. The third kappa shape index (κ3) is 3.64. The lowest BCUT2D eigenvalue weighted by atomic mass is 10.1. The summed E-state index contributed by atoms with van der Waals surface area (Å²) < 4.78 is 5.81. The average molecular weight is 387 g/mol. The van der Waals surface area contributed by atoms with Crippen LogP contribution < -0.4 is 5.32 Å². The van der Waals surface area contributed by atoms with Crippen molar-refractivity contribution in [2.24, 2.45) is 0 Å². The van der Waals surface area contributed by atoms with Crippen molar-refractivity contribution < 1.29 is 9.21 Å². The number of H-pyrrole nitrogens is 1. The number of para-hydroxylation sites is 2. The van der Waals surface area contributed by atoms with Crippen LogP contribution in [0.2, 0.25) is 0 Å². The van der Waals surface area contributed by atoms with E-state index >= 15 is 0 Å². The number of amides is 1. The highest BCUT2D eigenvalue weighted by Crippen LogP contribution is 2.26. The molecule has 2 aromatic carbocycles. The standard InChI is InChI=1S/C22H21N5O2/c28-21(18-5-3-13-27(18)14-20-23-11-12-24-20)25-16-9-7-15(8-10-16)22-26-17-4-1-2-6-19(17)29-22/h1-2,4,6-12,18H,3,5,13-14H2,(H,23,24)(H,25,28). The molecule has 0 radical (unpaired) electrons. The van der Waals surface area contributed by atoms with E-state index in [4.69, 9.17) is 4.42 Å². The van der Waals surface area contributed by atoms with Gasteiger partial charge in [0.05, 0.1) is 12.6 Å². The van der Waals surface area contributed by atoms with Crippen LogP contribution >= 0.6 is 0 Å². The molecule has 1 saturated heterocycles. The highest BCUT2D eigenvalue weighted by Gasteiger charge is 2.31. The monoisotopic (exact) mass is 387 g/mol. The van der Waals surface area contributed by atoms with Crippen molar-refractivity contribution in [1.82, 2.24) is 19.9 Å². The number of anilines is 1. The Morgan fingerprint density at radius 3 is 2.86 bits per heavy atom. The highest BCUT2D eigenvalue weighted by atomic mass is 16.3. The number of carbonyl (C=O) groups is 1. The van der Waals surface area contributed by atoms with E-state index in [1.54, 1.807) is 12.4 Å². The largest absolute Gasteiger partial charge is 0.436 e. The Labute approximate surface area is 167 Å². The Balaban J connectivity index is 1.27. The molecule has 4 aromatic rings. The fourth-order valence-electron chi connectivity index (χ4n) is 3.81. The number of imidazole rings is 1. The predicted octanol–water partition coefficient (Wildman–Crippen LogP) is 3.82. The van der Waals surface area contributed by atoms with Crippen LogP contribution in [0.4, 0.5) is 5.69 Å². The summed E-state index contributed by atoms with van der Waals surface area (Å²) >= 11 is 0. The van der Waals surface area contributed by atoms with E-state index in [1.807, 2.05) is 48.5 Å². The quantitative estimate of drug-likeness (QED) is 0.544. The normalized spacial score (nSPS) is 17.0. The summed E-state index contributed by atoms with van der Waals surface area (Å²) in [6, 6.07) is 15.1. The number of likely N-dealkylation sites (tertiary alicyclic amines) is 1. The van der Waals surface area contributed by atoms with Gasteiger partial charge >= 0.3 is 0 Å². The number of nitrogens with one attached hydrogen (secondary N) is 2. The van der Waals surface area contributed by atoms with Gasteiger partial charge in [0, 0.05) is 23.6 Å². The molecule has 2 aromatic heterocycles. The first-order chi connectivity index (χ1) is 14.3. The number of benzene rings is 2. The maximum Gasteiger partial charge on any atom is 0.241 e. The molecule has 1 aliphatic rings. The van der Waals surface area contributed by atoms with Crippen molar-refractivity contribution in [3.8, 4) is 11.5 Å². The van der Waals surface area contributed by atoms with E-state index in [0.717, 1.165) is 47.6 Å². The molecule has 5 rings (SSSR count). The molecule has 7 nitrogen and oxygen atoms in total. The van der Waals surface area contributed by atoms with Crippen LogP contribution in [-0.4, -0.2) is 38.3 Å². The van der Waals surface area contributed by atoms with Gasteiger partial charge in [-0.2, -0.15) is 0 Å². The third-order valence-corrected chi connectivity index (χ3v) is 5.27. The highest BCUT2D eigenvalue weighted by molar-refractivity contribution is 5.95. The summed E-state index contributed by atoms with van der Waals surface area (Å²) in [6.45, 7) is 1.55. The number of aromatic nitrogens is 3. The second-order valence-corrected chi connectivity index (χ2v) is 7.22. The van der Waals surface area contributed by atoms with Gasteiger partial charge in [-0.05, 0) is 55.8 Å². The summed E-state index contributed by atoms with van der Waals surface area (Å²) in [5.74, 6) is 1.47. The topological polar surface area (TPSA) is 87.1 Å². The number of carbonyl (C=O) groups excluding carboxylic acids is 1. The molecule has 2 N–H and O–H groups in total. The molecule has 1 fully saturated rings. The predicted molar refractivity (Wildman–Crippen MR) is 110 cm³/mol. The molecule has 7 heteroatoms. The van der Waals surface area contributed by atoms with E-state index in [1.165, 1.54) is 0 Å². The molecule has 1 unspecified atom stereocenters. The van der Waals surface area contributed by atoms with Crippen molar-refractivity contribution in [2.75, 3.05) is 11.9 Å². The van der Waals surface area contributed by atoms with Gasteiger partial charge in [-0.3, -0.25) is 9.69 Å². The first-order valence-electron chi connectivity index (χ1n) is 9.75. The lowest BCUT2D eigenvalue weighted by molar-refractivity contribution is -0.120. The molecule has 3 heterocycles. The molecule has 0 spiro atoms. The van der Waals surface area contributed by atoms with E-state index in [9.17, 15) is 4.79 Å². The van der Waals surface area contributed by atoms with E-state index in [2.05, 4.69) is 25.2 Å².